The maximum absolute atomic E-state index is 11.5. The number of amides is 1. The van der Waals surface area contributed by atoms with Gasteiger partial charge in [-0.15, -0.1) is 0 Å². The van der Waals surface area contributed by atoms with Crippen molar-refractivity contribution < 1.29 is 17.6 Å². The Balaban J connectivity index is 2.36. The van der Waals surface area contributed by atoms with E-state index in [1.807, 2.05) is 13.0 Å². The van der Waals surface area contributed by atoms with E-state index < -0.39 is 10.0 Å². The van der Waals surface area contributed by atoms with Gasteiger partial charge in [0.25, 0.3) is 0 Å². The Bertz CT molecular complexity index is 507. The van der Waals surface area contributed by atoms with Gasteiger partial charge in [-0.2, -0.15) is 0 Å². The average molecular weight is 274 g/mol. The molecule has 1 heterocycles. The lowest BCUT2D eigenvalue weighted by molar-refractivity contribution is -0.121. The molecule has 1 aromatic rings. The second-order valence-electron chi connectivity index (χ2n) is 4.15. The van der Waals surface area contributed by atoms with Crippen LogP contribution in [0.3, 0.4) is 0 Å². The highest BCUT2D eigenvalue weighted by atomic mass is 32.2. The van der Waals surface area contributed by atoms with E-state index in [0.29, 0.717) is 5.76 Å². The van der Waals surface area contributed by atoms with E-state index in [1.54, 1.807) is 13.0 Å². The van der Waals surface area contributed by atoms with Crippen molar-refractivity contribution >= 4 is 15.9 Å². The Morgan fingerprint density at radius 3 is 2.61 bits per heavy atom. The molecule has 7 heteroatoms. The highest BCUT2D eigenvalue weighted by Crippen LogP contribution is 2.15. The quantitative estimate of drug-likeness (QED) is 0.799. The third kappa shape index (κ3) is 5.33. The van der Waals surface area contributed by atoms with Crippen LogP contribution in [-0.4, -0.2) is 27.1 Å². The normalized spacial score (nSPS) is 13.3. The number of aryl methyl sites for hydroxylation is 1. The van der Waals surface area contributed by atoms with Crippen molar-refractivity contribution in [1.29, 1.82) is 0 Å². The summed E-state index contributed by atoms with van der Waals surface area (Å²) < 4.78 is 29.2. The SMILES string of the molecule is Cc1ccc([C@@H](C)NC(=O)CCNS(C)(=O)=O)o1. The number of nitrogens with one attached hydrogen (secondary N) is 2. The first-order valence-corrected chi connectivity index (χ1v) is 7.47. The molecule has 0 unspecified atom stereocenters. The zero-order valence-corrected chi connectivity index (χ0v) is 11.5. The van der Waals surface area contributed by atoms with Gasteiger partial charge in [-0.1, -0.05) is 0 Å². The molecule has 1 amide bonds. The van der Waals surface area contributed by atoms with Crippen LogP contribution < -0.4 is 10.0 Å². The lowest BCUT2D eigenvalue weighted by Gasteiger charge is -2.11. The third-order valence-corrected chi connectivity index (χ3v) is 3.01. The van der Waals surface area contributed by atoms with Gasteiger partial charge in [-0.3, -0.25) is 4.79 Å². The molecular weight excluding hydrogens is 256 g/mol. The topological polar surface area (TPSA) is 88.4 Å². The first kappa shape index (κ1) is 14.7. The second kappa shape index (κ2) is 6.01. The number of carbonyl (C=O) groups is 1. The molecule has 0 aliphatic rings. The molecule has 18 heavy (non-hydrogen) atoms. The summed E-state index contributed by atoms with van der Waals surface area (Å²) in [5, 5.41) is 2.73. The lowest BCUT2D eigenvalue weighted by Crippen LogP contribution is -2.31. The van der Waals surface area contributed by atoms with Crippen LogP contribution in [0.5, 0.6) is 0 Å². The fourth-order valence-corrected chi connectivity index (χ4v) is 1.89. The summed E-state index contributed by atoms with van der Waals surface area (Å²) in [6.07, 6.45) is 1.15. The Morgan fingerprint density at radius 2 is 2.11 bits per heavy atom. The predicted molar refractivity (Wildman–Crippen MR) is 67.5 cm³/mol. The predicted octanol–water partition coefficient (Wildman–Crippen LogP) is 0.705. The van der Waals surface area contributed by atoms with Gasteiger partial charge >= 0.3 is 0 Å². The Kier molecular flexibility index (Phi) is 4.92. The maximum atomic E-state index is 11.5. The molecule has 1 rings (SSSR count). The Hall–Kier alpha value is -1.34. The molecule has 0 aromatic carbocycles. The Morgan fingerprint density at radius 1 is 1.44 bits per heavy atom. The van der Waals surface area contributed by atoms with E-state index in [4.69, 9.17) is 4.42 Å². The van der Waals surface area contributed by atoms with Crippen LogP contribution in [0.4, 0.5) is 0 Å². The van der Waals surface area contributed by atoms with E-state index in [1.165, 1.54) is 0 Å². The van der Waals surface area contributed by atoms with E-state index in [2.05, 4.69) is 10.0 Å². The monoisotopic (exact) mass is 274 g/mol. The molecule has 1 atom stereocenters. The minimum Gasteiger partial charge on any atom is -0.464 e. The van der Waals surface area contributed by atoms with Crippen molar-refractivity contribution in [2.75, 3.05) is 12.8 Å². The zero-order valence-electron chi connectivity index (χ0n) is 10.7. The highest BCUT2D eigenvalue weighted by Gasteiger charge is 2.12. The van der Waals surface area contributed by atoms with Crippen molar-refractivity contribution in [3.8, 4) is 0 Å². The number of hydrogen-bond donors (Lipinski definition) is 2. The highest BCUT2D eigenvalue weighted by molar-refractivity contribution is 7.88. The van der Waals surface area contributed by atoms with Gasteiger partial charge in [0, 0.05) is 13.0 Å². The van der Waals surface area contributed by atoms with Gasteiger partial charge in [0.05, 0.1) is 12.3 Å². The molecular formula is C11H18N2O4S. The average Bonchev–Trinajstić information content (AvgIpc) is 2.62. The van der Waals surface area contributed by atoms with Crippen molar-refractivity contribution in [3.63, 3.8) is 0 Å². The van der Waals surface area contributed by atoms with Gasteiger partial charge in [-0.25, -0.2) is 13.1 Å². The molecule has 6 nitrogen and oxygen atoms in total. The minimum absolute atomic E-state index is 0.0918. The molecule has 2 N–H and O–H groups in total. The summed E-state index contributed by atoms with van der Waals surface area (Å²) in [6, 6.07) is 3.39. The van der Waals surface area contributed by atoms with Crippen LogP contribution in [-0.2, 0) is 14.8 Å². The van der Waals surface area contributed by atoms with Crippen molar-refractivity contribution in [2.45, 2.75) is 26.3 Å². The first-order chi connectivity index (χ1) is 8.28. The van der Waals surface area contributed by atoms with Crippen LogP contribution >= 0.6 is 0 Å². The second-order valence-corrected chi connectivity index (χ2v) is 5.99. The van der Waals surface area contributed by atoms with Gasteiger partial charge < -0.3 is 9.73 Å². The summed E-state index contributed by atoms with van der Waals surface area (Å²) >= 11 is 0. The first-order valence-electron chi connectivity index (χ1n) is 5.58. The van der Waals surface area contributed by atoms with Crippen LogP contribution in [0.15, 0.2) is 16.5 Å². The molecule has 0 aliphatic heterocycles. The van der Waals surface area contributed by atoms with Gasteiger partial charge in [0.2, 0.25) is 15.9 Å². The van der Waals surface area contributed by atoms with Crippen LogP contribution in [0.2, 0.25) is 0 Å². The molecule has 0 fully saturated rings. The van der Waals surface area contributed by atoms with Crippen molar-refractivity contribution in [1.82, 2.24) is 10.0 Å². The van der Waals surface area contributed by atoms with Crippen LogP contribution in [0, 0.1) is 6.92 Å². The molecule has 0 radical (unpaired) electrons. The van der Waals surface area contributed by atoms with E-state index in [-0.39, 0.29) is 24.9 Å². The summed E-state index contributed by atoms with van der Waals surface area (Å²) in [5.74, 6) is 1.23. The summed E-state index contributed by atoms with van der Waals surface area (Å²) in [4.78, 5) is 11.5. The van der Waals surface area contributed by atoms with E-state index in [9.17, 15) is 13.2 Å². The summed E-state index contributed by atoms with van der Waals surface area (Å²) in [6.45, 7) is 3.73. The molecule has 0 spiro atoms. The standard InChI is InChI=1S/C11H18N2O4S/c1-8-4-5-10(17-8)9(2)13-11(14)6-7-12-18(3,15)16/h4-5,9,12H,6-7H2,1-3H3,(H,13,14)/t9-/m1/s1. The van der Waals surface area contributed by atoms with Crippen LogP contribution in [0.25, 0.3) is 0 Å². The van der Waals surface area contributed by atoms with Crippen molar-refractivity contribution in [2.24, 2.45) is 0 Å². The third-order valence-electron chi connectivity index (χ3n) is 2.28. The molecule has 102 valence electrons. The largest absolute Gasteiger partial charge is 0.464 e. The molecule has 0 saturated carbocycles. The number of furan rings is 1. The number of sulfonamides is 1. The maximum Gasteiger partial charge on any atom is 0.221 e. The van der Waals surface area contributed by atoms with Gasteiger partial charge in [-0.05, 0) is 26.0 Å². The summed E-state index contributed by atoms with van der Waals surface area (Å²) in [5.41, 5.74) is 0. The fourth-order valence-electron chi connectivity index (χ4n) is 1.42. The molecule has 0 saturated heterocycles. The smallest absolute Gasteiger partial charge is 0.221 e. The molecule has 0 aliphatic carbocycles. The van der Waals surface area contributed by atoms with Crippen molar-refractivity contribution in [3.05, 3.63) is 23.7 Å². The summed E-state index contributed by atoms with van der Waals surface area (Å²) in [7, 11) is -3.25. The zero-order chi connectivity index (χ0) is 13.8. The van der Waals surface area contributed by atoms with E-state index in [0.717, 1.165) is 12.0 Å². The van der Waals surface area contributed by atoms with E-state index >= 15 is 0 Å². The number of carbonyl (C=O) groups excluding carboxylic acids is 1. The Labute approximate surface area is 107 Å². The number of hydrogen-bond acceptors (Lipinski definition) is 4. The van der Waals surface area contributed by atoms with Gasteiger partial charge in [0.15, 0.2) is 0 Å². The van der Waals surface area contributed by atoms with Gasteiger partial charge in [0.1, 0.15) is 11.5 Å². The number of rotatable bonds is 6. The lowest BCUT2D eigenvalue weighted by atomic mass is 10.2. The molecule has 0 bridgehead atoms. The van der Waals surface area contributed by atoms with Crippen LogP contribution in [0.1, 0.15) is 30.9 Å². The molecule has 1 aromatic heterocycles. The fraction of sp³-hybridized carbons (Fsp3) is 0.545. The minimum atomic E-state index is -3.25.